The molecule has 2 heterocycles. The van der Waals surface area contributed by atoms with Gasteiger partial charge in [-0.3, -0.25) is 10.1 Å². The summed E-state index contributed by atoms with van der Waals surface area (Å²) in [5, 5.41) is 9.96. The number of hydrogen-bond acceptors (Lipinski definition) is 7. The topological polar surface area (TPSA) is 115 Å². The molecule has 1 N–H and O–H groups in total. The van der Waals surface area contributed by atoms with Gasteiger partial charge in [-0.2, -0.15) is 0 Å². The molecule has 1 aromatic carbocycles. The van der Waals surface area contributed by atoms with E-state index in [4.69, 9.17) is 8.83 Å². The summed E-state index contributed by atoms with van der Waals surface area (Å²) in [6, 6.07) is 9.37. The van der Waals surface area contributed by atoms with Crippen LogP contribution in [0.3, 0.4) is 0 Å². The monoisotopic (exact) mass is 347 g/mol. The van der Waals surface area contributed by atoms with Gasteiger partial charge in [0.1, 0.15) is 0 Å². The van der Waals surface area contributed by atoms with E-state index in [0.29, 0.717) is 11.3 Å². The Labute approximate surface area is 137 Å². The third-order valence-electron chi connectivity index (χ3n) is 3.12. The van der Waals surface area contributed by atoms with Crippen LogP contribution >= 0.6 is 0 Å². The van der Waals surface area contributed by atoms with Gasteiger partial charge in [-0.1, -0.05) is 17.2 Å². The molecule has 0 radical (unpaired) electrons. The molecule has 0 aliphatic heterocycles. The zero-order valence-corrected chi connectivity index (χ0v) is 13.4. The second kappa shape index (κ2) is 6.28. The number of benzene rings is 1. The molecule has 3 rings (SSSR count). The van der Waals surface area contributed by atoms with Crippen molar-refractivity contribution in [1.29, 1.82) is 0 Å². The molecule has 9 heteroatoms. The molecule has 0 aliphatic rings. The average Bonchev–Trinajstić information content (AvgIpc) is 3.17. The lowest BCUT2D eigenvalue weighted by Crippen LogP contribution is -2.14. The number of carbonyl (C=O) groups excluding carboxylic acids is 1. The Morgan fingerprint density at radius 2 is 1.92 bits per heavy atom. The molecule has 0 saturated heterocycles. The van der Waals surface area contributed by atoms with Crippen LogP contribution in [0.25, 0.3) is 11.7 Å². The van der Waals surface area contributed by atoms with E-state index in [0.717, 1.165) is 6.26 Å². The zero-order valence-electron chi connectivity index (χ0n) is 12.6. The van der Waals surface area contributed by atoms with Crippen molar-refractivity contribution in [3.05, 3.63) is 48.2 Å². The SMILES string of the molecule is CS(=O)(=O)c1ccc(CC(=O)Nc2nnc(-c3ccco3)o2)cc1. The third kappa shape index (κ3) is 3.69. The van der Waals surface area contributed by atoms with Gasteiger partial charge in [-0.15, -0.1) is 5.10 Å². The highest BCUT2D eigenvalue weighted by Crippen LogP contribution is 2.20. The molecule has 0 unspecified atom stereocenters. The fourth-order valence-electron chi connectivity index (χ4n) is 1.98. The molecule has 2 aromatic heterocycles. The molecule has 8 nitrogen and oxygen atoms in total. The molecule has 24 heavy (non-hydrogen) atoms. The molecule has 0 spiro atoms. The minimum atomic E-state index is -3.26. The fraction of sp³-hybridized carbons (Fsp3) is 0.133. The summed E-state index contributed by atoms with van der Waals surface area (Å²) in [6.07, 6.45) is 2.64. The van der Waals surface area contributed by atoms with Gasteiger partial charge < -0.3 is 8.83 Å². The number of furan rings is 1. The van der Waals surface area contributed by atoms with Crippen molar-refractivity contribution in [2.24, 2.45) is 0 Å². The summed E-state index contributed by atoms with van der Waals surface area (Å²) in [4.78, 5) is 12.2. The molecular formula is C15H13N3O5S. The maximum atomic E-state index is 12.0. The number of sulfone groups is 1. The molecular weight excluding hydrogens is 334 g/mol. The normalized spacial score (nSPS) is 11.4. The molecule has 124 valence electrons. The summed E-state index contributed by atoms with van der Waals surface area (Å²) < 4.78 is 33.2. The van der Waals surface area contributed by atoms with Crippen LogP contribution in [0.2, 0.25) is 0 Å². The van der Waals surface area contributed by atoms with E-state index in [9.17, 15) is 13.2 Å². The number of nitrogens with one attached hydrogen (secondary N) is 1. The number of anilines is 1. The number of hydrogen-bond donors (Lipinski definition) is 1. The van der Waals surface area contributed by atoms with Crippen LogP contribution < -0.4 is 5.32 Å². The van der Waals surface area contributed by atoms with Gasteiger partial charge >= 0.3 is 6.01 Å². The van der Waals surface area contributed by atoms with Crippen LogP contribution in [-0.4, -0.2) is 30.8 Å². The van der Waals surface area contributed by atoms with E-state index in [1.807, 2.05) is 0 Å². The number of rotatable bonds is 5. The largest absolute Gasteiger partial charge is 0.459 e. The predicted molar refractivity (Wildman–Crippen MR) is 83.9 cm³/mol. The van der Waals surface area contributed by atoms with Gasteiger partial charge in [0.2, 0.25) is 5.91 Å². The van der Waals surface area contributed by atoms with E-state index in [1.54, 1.807) is 24.3 Å². The summed E-state index contributed by atoms with van der Waals surface area (Å²) >= 11 is 0. The van der Waals surface area contributed by atoms with E-state index >= 15 is 0 Å². The highest BCUT2D eigenvalue weighted by molar-refractivity contribution is 7.90. The fourth-order valence-corrected chi connectivity index (χ4v) is 2.61. The van der Waals surface area contributed by atoms with Crippen LogP contribution in [0.5, 0.6) is 0 Å². The second-order valence-electron chi connectivity index (χ2n) is 5.03. The van der Waals surface area contributed by atoms with Gasteiger partial charge in [-0.05, 0) is 29.8 Å². The lowest BCUT2D eigenvalue weighted by atomic mass is 10.1. The quantitative estimate of drug-likeness (QED) is 0.749. The van der Waals surface area contributed by atoms with Gasteiger partial charge in [-0.25, -0.2) is 8.42 Å². The smallest absolute Gasteiger partial charge is 0.322 e. The van der Waals surface area contributed by atoms with Crippen LogP contribution in [0, 0.1) is 0 Å². The number of aromatic nitrogens is 2. The molecule has 0 aliphatic carbocycles. The maximum Gasteiger partial charge on any atom is 0.322 e. The Morgan fingerprint density at radius 3 is 2.54 bits per heavy atom. The van der Waals surface area contributed by atoms with Crippen molar-refractivity contribution in [3.8, 4) is 11.7 Å². The first kappa shape index (κ1) is 15.9. The lowest BCUT2D eigenvalue weighted by molar-refractivity contribution is -0.115. The Balaban J connectivity index is 1.64. The average molecular weight is 347 g/mol. The summed E-state index contributed by atoms with van der Waals surface area (Å²) in [6.45, 7) is 0. The van der Waals surface area contributed by atoms with Crippen LogP contribution in [0.1, 0.15) is 5.56 Å². The van der Waals surface area contributed by atoms with Crippen molar-refractivity contribution < 1.29 is 22.0 Å². The summed E-state index contributed by atoms with van der Waals surface area (Å²) in [7, 11) is -3.26. The van der Waals surface area contributed by atoms with Crippen molar-refractivity contribution in [1.82, 2.24) is 10.2 Å². The van der Waals surface area contributed by atoms with Crippen molar-refractivity contribution in [2.45, 2.75) is 11.3 Å². The minimum absolute atomic E-state index is 0.0424. The number of nitrogens with zero attached hydrogens (tertiary/aromatic N) is 2. The Kier molecular flexibility index (Phi) is 4.17. The second-order valence-corrected chi connectivity index (χ2v) is 7.05. The van der Waals surface area contributed by atoms with Crippen molar-refractivity contribution >= 4 is 21.8 Å². The predicted octanol–water partition coefficient (Wildman–Crippen LogP) is 1.91. The molecule has 0 saturated carbocycles. The highest BCUT2D eigenvalue weighted by atomic mass is 32.2. The Morgan fingerprint density at radius 1 is 1.17 bits per heavy atom. The first-order valence-electron chi connectivity index (χ1n) is 6.88. The molecule has 1 amide bonds. The van der Waals surface area contributed by atoms with Crippen LogP contribution in [0.4, 0.5) is 6.01 Å². The van der Waals surface area contributed by atoms with E-state index in [2.05, 4.69) is 15.5 Å². The minimum Gasteiger partial charge on any atom is -0.459 e. The van der Waals surface area contributed by atoms with Gasteiger partial charge in [0.15, 0.2) is 15.6 Å². The Bertz CT molecular complexity index is 943. The number of carbonyl (C=O) groups is 1. The maximum absolute atomic E-state index is 12.0. The van der Waals surface area contributed by atoms with Crippen LogP contribution in [0.15, 0.2) is 56.4 Å². The zero-order chi connectivity index (χ0) is 17.2. The highest BCUT2D eigenvalue weighted by Gasteiger charge is 2.14. The van der Waals surface area contributed by atoms with Gasteiger partial charge in [0.25, 0.3) is 5.89 Å². The summed E-state index contributed by atoms with van der Waals surface area (Å²) in [5.74, 6) is 0.198. The molecule has 0 fully saturated rings. The van der Waals surface area contributed by atoms with Crippen LogP contribution in [-0.2, 0) is 21.1 Å². The number of amides is 1. The van der Waals surface area contributed by atoms with Gasteiger partial charge in [0.05, 0.1) is 17.6 Å². The van der Waals surface area contributed by atoms with E-state index in [-0.39, 0.29) is 29.1 Å². The molecule has 0 atom stereocenters. The summed E-state index contributed by atoms with van der Waals surface area (Å²) in [5.41, 5.74) is 0.658. The van der Waals surface area contributed by atoms with Gasteiger partial charge in [0, 0.05) is 6.26 Å². The molecule has 3 aromatic rings. The lowest BCUT2D eigenvalue weighted by Gasteiger charge is -2.03. The first-order chi connectivity index (χ1) is 11.4. The Hall–Kier alpha value is -2.94. The van der Waals surface area contributed by atoms with Crippen molar-refractivity contribution in [3.63, 3.8) is 0 Å². The standard InChI is InChI=1S/C15H13N3O5S/c1-24(20,21)11-6-4-10(5-7-11)9-13(19)16-15-18-17-14(23-15)12-3-2-8-22-12/h2-8H,9H2,1H3,(H,16,18,19). The molecule has 0 bridgehead atoms. The van der Waals surface area contributed by atoms with E-state index < -0.39 is 9.84 Å². The third-order valence-corrected chi connectivity index (χ3v) is 4.25. The van der Waals surface area contributed by atoms with Crippen molar-refractivity contribution in [2.75, 3.05) is 11.6 Å². The van der Waals surface area contributed by atoms with E-state index in [1.165, 1.54) is 18.4 Å². The first-order valence-corrected chi connectivity index (χ1v) is 8.77.